The fraction of sp³-hybridized carbons (Fsp3) is 0.571. The second-order valence-electron chi connectivity index (χ2n) is 9.81. The standard InChI is InChI=1S/C28H39N3O8/c1-3-4-5-23(34)31(8-7-30-9-12-38-13-10-30)21-16-20(28(36)29-6-11-32)24-19-14-18(17-33)15-22(37-2)26(19)39-27(24)25(21)35/h4-5,14-16,21,24-25,27,32-33,35H,3,6-13,17H2,1-2H3,(H,29,36)/t21-,24+,25+,27+/m1/s1. The van der Waals surface area contributed by atoms with Crippen LogP contribution in [0.15, 0.2) is 35.9 Å². The van der Waals surface area contributed by atoms with Crippen LogP contribution in [0.2, 0.25) is 0 Å². The zero-order chi connectivity index (χ0) is 27.9. The summed E-state index contributed by atoms with van der Waals surface area (Å²) in [5, 5.41) is 33.5. The highest BCUT2D eigenvalue weighted by molar-refractivity contribution is 5.96. The van der Waals surface area contributed by atoms with Gasteiger partial charge in [-0.2, -0.15) is 0 Å². The summed E-state index contributed by atoms with van der Waals surface area (Å²) in [7, 11) is 1.48. The molecule has 0 unspecified atom stereocenters. The molecule has 0 bridgehead atoms. The number of carbonyl (C=O) groups is 2. The molecule has 1 aliphatic carbocycles. The van der Waals surface area contributed by atoms with E-state index in [0.29, 0.717) is 60.9 Å². The number of methoxy groups -OCH3 is 1. The minimum atomic E-state index is -1.15. The number of aliphatic hydroxyl groups excluding tert-OH is 3. The first-order valence-corrected chi connectivity index (χ1v) is 13.5. The third-order valence-corrected chi connectivity index (χ3v) is 7.39. The average molecular weight is 546 g/mol. The smallest absolute Gasteiger partial charge is 0.247 e. The highest BCUT2D eigenvalue weighted by Crippen LogP contribution is 2.51. The van der Waals surface area contributed by atoms with E-state index in [1.165, 1.54) is 13.2 Å². The molecule has 214 valence electrons. The van der Waals surface area contributed by atoms with Crippen LogP contribution in [0.25, 0.3) is 0 Å². The van der Waals surface area contributed by atoms with Gasteiger partial charge in [0.25, 0.3) is 0 Å². The van der Waals surface area contributed by atoms with Crippen molar-refractivity contribution < 1.29 is 39.1 Å². The molecule has 11 nitrogen and oxygen atoms in total. The highest BCUT2D eigenvalue weighted by Gasteiger charge is 2.51. The van der Waals surface area contributed by atoms with E-state index in [1.807, 2.05) is 6.92 Å². The zero-order valence-electron chi connectivity index (χ0n) is 22.5. The summed E-state index contributed by atoms with van der Waals surface area (Å²) in [5.74, 6) is -0.578. The van der Waals surface area contributed by atoms with Crippen LogP contribution in [0.1, 0.15) is 30.4 Å². The number of amides is 2. The Bertz CT molecular complexity index is 1080. The van der Waals surface area contributed by atoms with Crippen LogP contribution in [-0.4, -0.2) is 115 Å². The lowest BCUT2D eigenvalue weighted by Crippen LogP contribution is -2.57. The fourth-order valence-electron chi connectivity index (χ4n) is 5.41. The van der Waals surface area contributed by atoms with Crippen molar-refractivity contribution in [3.8, 4) is 11.5 Å². The molecule has 39 heavy (non-hydrogen) atoms. The van der Waals surface area contributed by atoms with E-state index in [4.69, 9.17) is 14.2 Å². The van der Waals surface area contributed by atoms with Crippen molar-refractivity contribution in [1.29, 1.82) is 0 Å². The molecule has 1 aromatic rings. The van der Waals surface area contributed by atoms with Gasteiger partial charge in [0, 0.05) is 43.9 Å². The summed E-state index contributed by atoms with van der Waals surface area (Å²) in [6.07, 6.45) is 3.56. The minimum Gasteiger partial charge on any atom is -0.493 e. The number of aliphatic hydroxyl groups is 3. The molecular formula is C28H39N3O8. The van der Waals surface area contributed by atoms with E-state index in [9.17, 15) is 24.9 Å². The number of nitrogens with zero attached hydrogens (tertiary/aromatic N) is 2. The van der Waals surface area contributed by atoms with Gasteiger partial charge in [-0.3, -0.25) is 14.5 Å². The fourth-order valence-corrected chi connectivity index (χ4v) is 5.41. The maximum absolute atomic E-state index is 13.4. The van der Waals surface area contributed by atoms with Crippen LogP contribution in [-0.2, 0) is 20.9 Å². The Morgan fingerprint density at radius 1 is 1.26 bits per heavy atom. The Balaban J connectivity index is 1.74. The van der Waals surface area contributed by atoms with Gasteiger partial charge < -0.3 is 39.7 Å². The van der Waals surface area contributed by atoms with Crippen molar-refractivity contribution in [2.24, 2.45) is 0 Å². The molecule has 4 rings (SSSR count). The molecule has 11 heteroatoms. The van der Waals surface area contributed by atoms with Gasteiger partial charge in [0.05, 0.1) is 45.5 Å². The first kappa shape index (κ1) is 29.0. The molecule has 3 aliphatic rings. The topological polar surface area (TPSA) is 141 Å². The van der Waals surface area contributed by atoms with Gasteiger partial charge >= 0.3 is 0 Å². The summed E-state index contributed by atoms with van der Waals surface area (Å²) in [6.45, 7) is 5.17. The van der Waals surface area contributed by atoms with E-state index >= 15 is 0 Å². The van der Waals surface area contributed by atoms with Gasteiger partial charge in [-0.25, -0.2) is 0 Å². The van der Waals surface area contributed by atoms with Crippen molar-refractivity contribution in [3.63, 3.8) is 0 Å². The monoisotopic (exact) mass is 545 g/mol. The predicted octanol–water partition coefficient (Wildman–Crippen LogP) is -0.0629. The van der Waals surface area contributed by atoms with Crippen LogP contribution in [0, 0.1) is 0 Å². The highest BCUT2D eigenvalue weighted by atomic mass is 16.5. The lowest BCUT2D eigenvalue weighted by Gasteiger charge is -2.41. The summed E-state index contributed by atoms with van der Waals surface area (Å²) >= 11 is 0. The van der Waals surface area contributed by atoms with Crippen molar-refractivity contribution in [1.82, 2.24) is 15.1 Å². The molecule has 0 saturated carbocycles. The van der Waals surface area contributed by atoms with Crippen LogP contribution in [0.5, 0.6) is 11.5 Å². The van der Waals surface area contributed by atoms with Gasteiger partial charge in [0.1, 0.15) is 12.2 Å². The number of morpholine rings is 1. The number of rotatable bonds is 11. The molecule has 2 aliphatic heterocycles. The third-order valence-electron chi connectivity index (χ3n) is 7.39. The third kappa shape index (κ3) is 6.28. The van der Waals surface area contributed by atoms with Crippen LogP contribution in [0.3, 0.4) is 0 Å². The maximum Gasteiger partial charge on any atom is 0.247 e. The van der Waals surface area contributed by atoms with E-state index in [-0.39, 0.29) is 25.7 Å². The van der Waals surface area contributed by atoms with Crippen molar-refractivity contribution in [2.75, 3.05) is 59.7 Å². The largest absolute Gasteiger partial charge is 0.493 e. The van der Waals surface area contributed by atoms with E-state index in [0.717, 1.165) is 13.1 Å². The van der Waals surface area contributed by atoms with Gasteiger partial charge in [-0.1, -0.05) is 13.0 Å². The second kappa shape index (κ2) is 13.4. The maximum atomic E-state index is 13.4. The average Bonchev–Trinajstić information content (AvgIpc) is 3.35. The molecule has 4 atom stereocenters. The number of allylic oxidation sites excluding steroid dienone is 1. The summed E-state index contributed by atoms with van der Waals surface area (Å²) in [5.41, 5.74) is 1.51. The molecule has 1 aromatic carbocycles. The van der Waals surface area contributed by atoms with E-state index in [1.54, 1.807) is 29.2 Å². The molecule has 0 aromatic heterocycles. The minimum absolute atomic E-state index is 0.0490. The SMILES string of the molecule is CCC=CC(=O)N(CCN1CCOCC1)[C@@H]1C=C(C(=O)NCCO)[C@@H]2c3cc(CO)cc(OC)c3O[C@@H]2[C@H]1O. The number of fused-ring (bicyclic) bond motifs is 3. The molecule has 4 N–H and O–H groups in total. The molecule has 1 fully saturated rings. The van der Waals surface area contributed by atoms with Crippen molar-refractivity contribution >= 4 is 11.8 Å². The molecular weight excluding hydrogens is 506 g/mol. The zero-order valence-corrected chi connectivity index (χ0v) is 22.5. The number of carbonyl (C=O) groups excluding carboxylic acids is 2. The van der Waals surface area contributed by atoms with Gasteiger partial charge in [-0.15, -0.1) is 0 Å². The van der Waals surface area contributed by atoms with E-state index < -0.39 is 30.1 Å². The van der Waals surface area contributed by atoms with Gasteiger partial charge in [0.15, 0.2) is 11.5 Å². The summed E-state index contributed by atoms with van der Waals surface area (Å²) in [4.78, 5) is 30.6. The lowest BCUT2D eigenvalue weighted by molar-refractivity contribution is -0.132. The normalized spacial score (nSPS) is 24.5. The Morgan fingerprint density at radius 2 is 2.03 bits per heavy atom. The number of ether oxygens (including phenoxy) is 3. The quantitative estimate of drug-likeness (QED) is 0.282. The molecule has 2 amide bonds. The first-order valence-electron chi connectivity index (χ1n) is 13.5. The Kier molecular flexibility index (Phi) is 9.98. The summed E-state index contributed by atoms with van der Waals surface area (Å²) in [6, 6.07) is 2.56. The molecule has 0 spiro atoms. The number of nitrogens with one attached hydrogen (secondary N) is 1. The predicted molar refractivity (Wildman–Crippen MR) is 142 cm³/mol. The molecule has 0 radical (unpaired) electrons. The van der Waals surface area contributed by atoms with Gasteiger partial charge in [-0.05, 0) is 36.3 Å². The van der Waals surface area contributed by atoms with Crippen LogP contribution < -0.4 is 14.8 Å². The first-order chi connectivity index (χ1) is 18.9. The molecule has 1 saturated heterocycles. The molecule has 2 heterocycles. The number of hydrogen-bond acceptors (Lipinski definition) is 9. The van der Waals surface area contributed by atoms with Crippen LogP contribution >= 0.6 is 0 Å². The second-order valence-corrected chi connectivity index (χ2v) is 9.81. The number of benzene rings is 1. The summed E-state index contributed by atoms with van der Waals surface area (Å²) < 4.78 is 17.2. The van der Waals surface area contributed by atoms with Crippen molar-refractivity contribution in [2.45, 2.75) is 44.1 Å². The van der Waals surface area contributed by atoms with Crippen molar-refractivity contribution in [3.05, 3.63) is 47.1 Å². The van der Waals surface area contributed by atoms with Gasteiger partial charge in [0.2, 0.25) is 11.8 Å². The Hall–Kier alpha value is -2.96. The lowest BCUT2D eigenvalue weighted by atomic mass is 9.77. The van der Waals surface area contributed by atoms with E-state index in [2.05, 4.69) is 10.2 Å². The van der Waals surface area contributed by atoms with Crippen LogP contribution in [0.4, 0.5) is 0 Å². The number of hydrogen-bond donors (Lipinski definition) is 4. The Labute approximate surface area is 228 Å². The Morgan fingerprint density at radius 3 is 2.69 bits per heavy atom.